The second kappa shape index (κ2) is 6.67. The van der Waals surface area contributed by atoms with Gasteiger partial charge in [0.1, 0.15) is 6.20 Å². The molecule has 0 aliphatic heterocycles. The van der Waals surface area contributed by atoms with Gasteiger partial charge in [0, 0.05) is 10.7 Å². The van der Waals surface area contributed by atoms with E-state index >= 15 is 0 Å². The van der Waals surface area contributed by atoms with Crippen molar-refractivity contribution >= 4 is 29.0 Å². The monoisotopic (exact) mass is 307 g/mol. The summed E-state index contributed by atoms with van der Waals surface area (Å²) in [5.74, 6) is -0.943. The fourth-order valence-corrected chi connectivity index (χ4v) is 1.63. The fourth-order valence-electron chi connectivity index (χ4n) is 1.51. The molecule has 1 amide bonds. The number of carbonyl (C=O) groups excluding carboxylic acids is 1. The van der Waals surface area contributed by atoms with Gasteiger partial charge in [-0.2, -0.15) is 0 Å². The van der Waals surface area contributed by atoms with Gasteiger partial charge in [-0.15, -0.1) is 0 Å². The molecule has 1 heterocycles. The van der Waals surface area contributed by atoms with Crippen LogP contribution in [-0.4, -0.2) is 22.4 Å². The van der Waals surface area contributed by atoms with E-state index < -0.39 is 16.6 Å². The van der Waals surface area contributed by atoms with E-state index in [4.69, 9.17) is 16.3 Å². The van der Waals surface area contributed by atoms with Gasteiger partial charge in [0.2, 0.25) is 5.75 Å². The number of aromatic nitrogens is 1. The number of pyridine rings is 1. The van der Waals surface area contributed by atoms with Gasteiger partial charge in [-0.05, 0) is 46.3 Å². The normalized spacial score (nSPS) is 9.95. The molecule has 108 valence electrons. The third-order valence-corrected chi connectivity index (χ3v) is 2.66. The van der Waals surface area contributed by atoms with Crippen molar-refractivity contribution in [2.24, 2.45) is 0 Å². The van der Waals surface area contributed by atoms with E-state index in [0.29, 0.717) is 10.7 Å². The molecule has 0 fully saturated rings. The number of hydrogen-bond donors (Lipinski definition) is 1. The van der Waals surface area contributed by atoms with Crippen LogP contribution >= 0.6 is 11.6 Å². The number of ether oxygens (including phenoxy) is 1. The second-order valence-corrected chi connectivity index (χ2v) is 4.36. The molecule has 7 nitrogen and oxygen atoms in total. The Morgan fingerprint density at radius 3 is 2.71 bits per heavy atom. The van der Waals surface area contributed by atoms with Gasteiger partial charge in [0.05, 0.1) is 0 Å². The molecule has 8 heteroatoms. The van der Waals surface area contributed by atoms with E-state index in [1.165, 1.54) is 18.3 Å². The van der Waals surface area contributed by atoms with Crippen molar-refractivity contribution in [2.45, 2.75) is 0 Å². The third kappa shape index (κ3) is 4.15. The van der Waals surface area contributed by atoms with Gasteiger partial charge >= 0.3 is 5.82 Å². The molecule has 0 bridgehead atoms. The molecule has 2 rings (SSSR count). The molecular formula is C13H10ClN3O4. The number of anilines is 1. The minimum atomic E-state index is -0.674. The van der Waals surface area contributed by atoms with Crippen LogP contribution in [0.15, 0.2) is 42.6 Å². The van der Waals surface area contributed by atoms with Crippen molar-refractivity contribution in [2.75, 3.05) is 11.9 Å². The number of rotatable bonds is 5. The molecule has 0 saturated heterocycles. The van der Waals surface area contributed by atoms with Gasteiger partial charge in [0.15, 0.2) is 6.61 Å². The molecule has 0 aliphatic rings. The lowest BCUT2D eigenvalue weighted by molar-refractivity contribution is -0.390. The highest BCUT2D eigenvalue weighted by Gasteiger charge is 2.16. The Labute approximate surface area is 124 Å². The predicted octanol–water partition coefficient (Wildman–Crippen LogP) is 2.66. The van der Waals surface area contributed by atoms with Gasteiger partial charge in [-0.3, -0.25) is 4.79 Å². The third-order valence-electron chi connectivity index (χ3n) is 2.41. The summed E-state index contributed by atoms with van der Waals surface area (Å²) in [6.07, 6.45) is 1.28. The fraction of sp³-hybridized carbons (Fsp3) is 0.0769. The number of hydrogen-bond acceptors (Lipinski definition) is 5. The summed E-state index contributed by atoms with van der Waals surface area (Å²) in [6, 6.07) is 9.38. The second-order valence-electron chi connectivity index (χ2n) is 3.93. The van der Waals surface area contributed by atoms with Crippen LogP contribution in [0.25, 0.3) is 0 Å². The summed E-state index contributed by atoms with van der Waals surface area (Å²) in [4.78, 5) is 25.3. The highest BCUT2D eigenvalue weighted by molar-refractivity contribution is 6.30. The average Bonchev–Trinajstić information content (AvgIpc) is 2.48. The molecule has 0 radical (unpaired) electrons. The standard InChI is InChI=1S/C13H10ClN3O4/c14-9-3-5-10(6-4-9)16-12(18)8-21-11-2-1-7-15-13(11)17(19)20/h1-7H,8H2,(H,16,18). The van der Waals surface area contributed by atoms with Crippen LogP contribution in [0, 0.1) is 10.1 Å². The smallest absolute Gasteiger partial charge is 0.406 e. The van der Waals surface area contributed by atoms with Crippen molar-refractivity contribution < 1.29 is 14.5 Å². The van der Waals surface area contributed by atoms with Crippen molar-refractivity contribution in [3.05, 3.63) is 57.7 Å². The van der Waals surface area contributed by atoms with Gasteiger partial charge < -0.3 is 20.2 Å². The minimum Gasteiger partial charge on any atom is -0.476 e. The highest BCUT2D eigenvalue weighted by Crippen LogP contribution is 2.22. The number of halogens is 1. The number of amides is 1. The molecule has 0 unspecified atom stereocenters. The average molecular weight is 308 g/mol. The Balaban J connectivity index is 1.95. The summed E-state index contributed by atoms with van der Waals surface area (Å²) in [5, 5.41) is 13.9. The van der Waals surface area contributed by atoms with Crippen molar-refractivity contribution in [1.29, 1.82) is 0 Å². The van der Waals surface area contributed by atoms with Crippen LogP contribution in [0.4, 0.5) is 11.5 Å². The lowest BCUT2D eigenvalue weighted by Gasteiger charge is -2.07. The van der Waals surface area contributed by atoms with Crippen LogP contribution in [0.2, 0.25) is 5.02 Å². The number of nitrogens with zero attached hydrogens (tertiary/aromatic N) is 2. The number of nitro groups is 1. The maximum Gasteiger partial charge on any atom is 0.406 e. The first-order valence-electron chi connectivity index (χ1n) is 5.84. The molecule has 0 aliphatic carbocycles. The largest absolute Gasteiger partial charge is 0.476 e. The van der Waals surface area contributed by atoms with E-state index in [9.17, 15) is 14.9 Å². The van der Waals surface area contributed by atoms with E-state index in [1.807, 2.05) is 0 Å². The Kier molecular flexibility index (Phi) is 4.68. The Morgan fingerprint density at radius 1 is 1.33 bits per heavy atom. The van der Waals surface area contributed by atoms with Crippen LogP contribution < -0.4 is 10.1 Å². The van der Waals surface area contributed by atoms with Crippen LogP contribution in [-0.2, 0) is 4.79 Å². The Hall–Kier alpha value is -2.67. The molecule has 21 heavy (non-hydrogen) atoms. The van der Waals surface area contributed by atoms with Gasteiger partial charge in [0.25, 0.3) is 5.91 Å². The zero-order chi connectivity index (χ0) is 15.2. The predicted molar refractivity (Wildman–Crippen MR) is 76.5 cm³/mol. The van der Waals surface area contributed by atoms with E-state index in [2.05, 4.69) is 10.3 Å². The number of benzene rings is 1. The topological polar surface area (TPSA) is 94.4 Å². The molecule has 0 spiro atoms. The van der Waals surface area contributed by atoms with Crippen molar-refractivity contribution in [3.63, 3.8) is 0 Å². The Morgan fingerprint density at radius 2 is 2.05 bits per heavy atom. The molecule has 1 aromatic carbocycles. The lowest BCUT2D eigenvalue weighted by atomic mass is 10.3. The summed E-state index contributed by atoms with van der Waals surface area (Å²) in [6.45, 7) is -0.366. The summed E-state index contributed by atoms with van der Waals surface area (Å²) in [5.41, 5.74) is 0.550. The molecule has 2 aromatic rings. The van der Waals surface area contributed by atoms with Crippen LogP contribution in [0.3, 0.4) is 0 Å². The zero-order valence-electron chi connectivity index (χ0n) is 10.7. The first kappa shape index (κ1) is 14.7. The molecule has 1 aromatic heterocycles. The maximum absolute atomic E-state index is 11.7. The molecular weight excluding hydrogens is 298 g/mol. The quantitative estimate of drug-likeness (QED) is 0.677. The highest BCUT2D eigenvalue weighted by atomic mass is 35.5. The van der Waals surface area contributed by atoms with E-state index in [0.717, 1.165) is 0 Å². The number of nitrogens with one attached hydrogen (secondary N) is 1. The van der Waals surface area contributed by atoms with E-state index in [-0.39, 0.29) is 12.4 Å². The lowest BCUT2D eigenvalue weighted by Crippen LogP contribution is -2.20. The summed E-state index contributed by atoms with van der Waals surface area (Å²) in [7, 11) is 0. The molecule has 0 saturated carbocycles. The van der Waals surface area contributed by atoms with Crippen molar-refractivity contribution in [3.8, 4) is 5.75 Å². The molecule has 1 N–H and O–H groups in total. The number of carbonyl (C=O) groups is 1. The SMILES string of the molecule is O=C(COc1cccnc1[N+](=O)[O-])Nc1ccc(Cl)cc1. The zero-order valence-corrected chi connectivity index (χ0v) is 11.4. The Bertz CT molecular complexity index is 661. The summed E-state index contributed by atoms with van der Waals surface area (Å²) < 4.78 is 5.11. The maximum atomic E-state index is 11.7. The van der Waals surface area contributed by atoms with Gasteiger partial charge in [-0.25, -0.2) is 0 Å². The first-order chi connectivity index (χ1) is 10.1. The van der Waals surface area contributed by atoms with E-state index in [1.54, 1.807) is 24.3 Å². The van der Waals surface area contributed by atoms with Crippen LogP contribution in [0.5, 0.6) is 5.75 Å². The first-order valence-corrected chi connectivity index (χ1v) is 6.21. The molecule has 0 atom stereocenters. The van der Waals surface area contributed by atoms with Crippen LogP contribution in [0.1, 0.15) is 0 Å². The minimum absolute atomic E-state index is 0.0613. The summed E-state index contributed by atoms with van der Waals surface area (Å²) >= 11 is 5.73. The van der Waals surface area contributed by atoms with Gasteiger partial charge in [-0.1, -0.05) is 11.6 Å². The van der Waals surface area contributed by atoms with Crippen molar-refractivity contribution in [1.82, 2.24) is 4.98 Å².